The maximum Gasteiger partial charge on any atom is 0.303 e. The fourth-order valence-corrected chi connectivity index (χ4v) is 4.98. The number of carboxylic acid groups (broad SMARTS) is 1. The van der Waals surface area contributed by atoms with Crippen LogP contribution in [0.15, 0.2) is 30.3 Å². The van der Waals surface area contributed by atoms with Crippen molar-refractivity contribution in [2.75, 3.05) is 20.8 Å². The molecule has 6 heteroatoms. The summed E-state index contributed by atoms with van der Waals surface area (Å²) < 4.78 is 17.6. The first-order valence-electron chi connectivity index (χ1n) is 11.2. The Hall–Kier alpha value is -3.02. The minimum Gasteiger partial charge on any atom is -0.493 e. The van der Waals surface area contributed by atoms with Gasteiger partial charge in [0.25, 0.3) is 0 Å². The van der Waals surface area contributed by atoms with Crippen molar-refractivity contribution in [3.05, 3.63) is 41.5 Å². The van der Waals surface area contributed by atoms with E-state index in [4.69, 9.17) is 14.2 Å². The van der Waals surface area contributed by atoms with Crippen molar-refractivity contribution in [2.45, 2.75) is 53.4 Å². The first-order valence-corrected chi connectivity index (χ1v) is 11.2. The molecule has 178 valence electrons. The molecule has 2 aromatic rings. The Bertz CT molecular complexity index is 1050. The zero-order valence-corrected chi connectivity index (χ0v) is 20.4. The number of hydrogen-bond acceptors (Lipinski definition) is 5. The number of carbonyl (C=O) groups is 2. The number of carboxylic acids is 1. The second kappa shape index (κ2) is 9.46. The average molecular weight is 455 g/mol. The molecule has 1 N–H and O–H groups in total. The van der Waals surface area contributed by atoms with Gasteiger partial charge in [-0.3, -0.25) is 9.59 Å². The lowest BCUT2D eigenvalue weighted by Crippen LogP contribution is -2.30. The first-order chi connectivity index (χ1) is 15.5. The number of methoxy groups -OCH3 is 2. The molecule has 0 aliphatic heterocycles. The Morgan fingerprint density at radius 2 is 1.64 bits per heavy atom. The smallest absolute Gasteiger partial charge is 0.303 e. The zero-order chi connectivity index (χ0) is 24.4. The molecular formula is C27H34O6. The molecule has 0 unspecified atom stereocenters. The maximum absolute atomic E-state index is 12.1. The molecule has 0 saturated carbocycles. The third-order valence-corrected chi connectivity index (χ3v) is 6.03. The van der Waals surface area contributed by atoms with E-state index in [0.29, 0.717) is 36.7 Å². The Kier molecular flexibility index (Phi) is 7.06. The molecule has 6 nitrogen and oxygen atoms in total. The SMILES string of the molecule is COc1ccc(-c2ccc3c(c2)CCC3=O)c(OCC(C)(C)CC(C)(C)CC(=O)O)c1OC. The quantitative estimate of drug-likeness (QED) is 0.489. The molecule has 1 aliphatic rings. The van der Waals surface area contributed by atoms with Crippen molar-refractivity contribution in [1.29, 1.82) is 0 Å². The van der Waals surface area contributed by atoms with Gasteiger partial charge in [0.1, 0.15) is 0 Å². The summed E-state index contributed by atoms with van der Waals surface area (Å²) in [7, 11) is 3.16. The van der Waals surface area contributed by atoms with Crippen molar-refractivity contribution in [1.82, 2.24) is 0 Å². The van der Waals surface area contributed by atoms with Gasteiger partial charge in [0, 0.05) is 17.5 Å². The summed E-state index contributed by atoms with van der Waals surface area (Å²) in [5.41, 5.74) is 3.00. The van der Waals surface area contributed by atoms with Crippen LogP contribution in [0.1, 0.15) is 62.9 Å². The van der Waals surface area contributed by atoms with Crippen LogP contribution in [0.4, 0.5) is 0 Å². The predicted octanol–water partition coefficient (Wildman–Crippen LogP) is 5.80. The average Bonchev–Trinajstić information content (AvgIpc) is 3.09. The molecule has 3 rings (SSSR count). The van der Waals surface area contributed by atoms with E-state index >= 15 is 0 Å². The van der Waals surface area contributed by atoms with Crippen LogP contribution >= 0.6 is 0 Å². The number of aliphatic carboxylic acids is 1. The fourth-order valence-electron chi connectivity index (χ4n) is 4.98. The Morgan fingerprint density at radius 3 is 2.27 bits per heavy atom. The van der Waals surface area contributed by atoms with Crippen LogP contribution in [-0.4, -0.2) is 37.7 Å². The van der Waals surface area contributed by atoms with Crippen LogP contribution in [0.25, 0.3) is 11.1 Å². The predicted molar refractivity (Wildman–Crippen MR) is 128 cm³/mol. The molecule has 33 heavy (non-hydrogen) atoms. The molecule has 0 bridgehead atoms. The van der Waals surface area contributed by atoms with Crippen molar-refractivity contribution < 1.29 is 28.9 Å². The molecule has 0 saturated heterocycles. The number of carbonyl (C=O) groups excluding carboxylic acids is 1. The Balaban J connectivity index is 1.95. The number of benzene rings is 2. The zero-order valence-electron chi connectivity index (χ0n) is 20.4. The van der Waals surface area contributed by atoms with Gasteiger partial charge >= 0.3 is 5.97 Å². The normalized spacial score (nSPS) is 13.6. The van der Waals surface area contributed by atoms with Crippen molar-refractivity contribution in [3.8, 4) is 28.4 Å². The number of hydrogen-bond donors (Lipinski definition) is 1. The summed E-state index contributed by atoms with van der Waals surface area (Å²) in [5, 5.41) is 9.24. The topological polar surface area (TPSA) is 82.1 Å². The number of aryl methyl sites for hydroxylation is 1. The minimum atomic E-state index is -0.802. The summed E-state index contributed by atoms with van der Waals surface area (Å²) in [5.74, 6) is 1.03. The summed E-state index contributed by atoms with van der Waals surface area (Å²) >= 11 is 0. The molecule has 0 fully saturated rings. The van der Waals surface area contributed by atoms with Gasteiger partial charge in [-0.2, -0.15) is 0 Å². The largest absolute Gasteiger partial charge is 0.493 e. The van der Waals surface area contributed by atoms with Crippen molar-refractivity contribution in [2.24, 2.45) is 10.8 Å². The van der Waals surface area contributed by atoms with Crippen LogP contribution in [0.3, 0.4) is 0 Å². The van der Waals surface area contributed by atoms with Gasteiger partial charge in [-0.15, -0.1) is 0 Å². The minimum absolute atomic E-state index is 0.0952. The van der Waals surface area contributed by atoms with E-state index in [2.05, 4.69) is 19.9 Å². The lowest BCUT2D eigenvalue weighted by molar-refractivity contribution is -0.139. The highest BCUT2D eigenvalue weighted by Gasteiger charge is 2.32. The summed E-state index contributed by atoms with van der Waals surface area (Å²) in [6, 6.07) is 9.67. The monoisotopic (exact) mass is 454 g/mol. The summed E-state index contributed by atoms with van der Waals surface area (Å²) in [6.07, 6.45) is 2.07. The molecule has 0 radical (unpaired) electrons. The molecule has 0 aromatic heterocycles. The number of rotatable bonds is 10. The number of ketones is 1. The van der Waals surface area contributed by atoms with E-state index < -0.39 is 5.97 Å². The van der Waals surface area contributed by atoms with Crippen LogP contribution in [-0.2, 0) is 11.2 Å². The number of Topliss-reactive ketones (excluding diaryl/α,β-unsaturated/α-hetero) is 1. The standard InChI is InChI=1S/C27H34O6/c1-26(2,14-23(29)30)15-27(3,4)16-33-24-20(10-12-22(31-5)25(24)32-6)18-7-9-19-17(13-18)8-11-21(19)28/h7,9-10,12-13H,8,11,14-16H2,1-6H3,(H,29,30). The lowest BCUT2D eigenvalue weighted by atomic mass is 9.74. The van der Waals surface area contributed by atoms with E-state index in [0.717, 1.165) is 28.7 Å². The van der Waals surface area contributed by atoms with Crippen LogP contribution in [0, 0.1) is 10.8 Å². The second-order valence-electron chi connectivity index (χ2n) is 10.3. The third-order valence-electron chi connectivity index (χ3n) is 6.03. The van der Waals surface area contributed by atoms with Gasteiger partial charge in [0.2, 0.25) is 5.75 Å². The van der Waals surface area contributed by atoms with E-state index in [9.17, 15) is 14.7 Å². The highest BCUT2D eigenvalue weighted by Crippen LogP contribution is 2.46. The van der Waals surface area contributed by atoms with E-state index in [-0.39, 0.29) is 23.0 Å². The molecule has 0 heterocycles. The number of fused-ring (bicyclic) bond motifs is 1. The van der Waals surface area contributed by atoms with E-state index in [1.165, 1.54) is 0 Å². The first kappa shape index (κ1) is 24.6. The molecule has 0 amide bonds. The molecule has 0 spiro atoms. The van der Waals surface area contributed by atoms with Gasteiger partial charge in [-0.25, -0.2) is 0 Å². The molecular weight excluding hydrogens is 420 g/mol. The van der Waals surface area contributed by atoms with Crippen molar-refractivity contribution >= 4 is 11.8 Å². The van der Waals surface area contributed by atoms with Crippen molar-refractivity contribution in [3.63, 3.8) is 0 Å². The third kappa shape index (κ3) is 5.67. The van der Waals surface area contributed by atoms with Gasteiger partial charge < -0.3 is 19.3 Å². The Labute approximate surface area is 195 Å². The van der Waals surface area contributed by atoms with Crippen LogP contribution in [0.5, 0.6) is 17.2 Å². The van der Waals surface area contributed by atoms with E-state index in [1.807, 2.05) is 38.1 Å². The molecule has 1 aliphatic carbocycles. The molecule has 0 atom stereocenters. The van der Waals surface area contributed by atoms with Gasteiger partial charge in [-0.05, 0) is 46.9 Å². The fraction of sp³-hybridized carbons (Fsp3) is 0.481. The summed E-state index contributed by atoms with van der Waals surface area (Å²) in [6.45, 7) is 8.45. The lowest BCUT2D eigenvalue weighted by Gasteiger charge is -2.34. The second-order valence-corrected chi connectivity index (χ2v) is 10.3. The maximum atomic E-state index is 12.1. The van der Waals surface area contributed by atoms with Gasteiger partial charge in [0.15, 0.2) is 17.3 Å². The summed E-state index contributed by atoms with van der Waals surface area (Å²) in [4.78, 5) is 23.3. The Morgan fingerprint density at radius 1 is 0.939 bits per heavy atom. The van der Waals surface area contributed by atoms with E-state index in [1.54, 1.807) is 14.2 Å². The number of ether oxygens (including phenoxy) is 3. The molecule has 2 aromatic carbocycles. The van der Waals surface area contributed by atoms with Crippen LogP contribution in [0.2, 0.25) is 0 Å². The van der Waals surface area contributed by atoms with Gasteiger partial charge in [-0.1, -0.05) is 45.9 Å². The van der Waals surface area contributed by atoms with Gasteiger partial charge in [0.05, 0.1) is 27.2 Å². The highest BCUT2D eigenvalue weighted by atomic mass is 16.5. The van der Waals surface area contributed by atoms with Crippen LogP contribution < -0.4 is 14.2 Å². The highest BCUT2D eigenvalue weighted by molar-refractivity contribution is 6.01.